The summed E-state index contributed by atoms with van der Waals surface area (Å²) in [4.78, 5) is 17.9. The molecule has 0 amide bonds. The number of oxime groups is 2. The lowest BCUT2D eigenvalue weighted by atomic mass is 10.1. The molecule has 0 spiro atoms. The van der Waals surface area contributed by atoms with Gasteiger partial charge in [-0.15, -0.1) is 0 Å². The Morgan fingerprint density at radius 2 is 1.75 bits per heavy atom. The van der Waals surface area contributed by atoms with Crippen LogP contribution in [0.15, 0.2) is 65.2 Å². The number of rotatable bonds is 7. The summed E-state index contributed by atoms with van der Waals surface area (Å²) in [6, 6.07) is 13.6. The molecule has 1 aliphatic heterocycles. The highest BCUT2D eigenvalue weighted by Gasteiger charge is 2.23. The second-order valence-electron chi connectivity index (χ2n) is 6.13. The van der Waals surface area contributed by atoms with Gasteiger partial charge in [0.2, 0.25) is 5.82 Å². The van der Waals surface area contributed by atoms with E-state index in [1.165, 1.54) is 18.9 Å². The van der Waals surface area contributed by atoms with Crippen LogP contribution in [0.3, 0.4) is 0 Å². The van der Waals surface area contributed by atoms with Crippen LogP contribution in [-0.4, -0.2) is 40.2 Å². The van der Waals surface area contributed by atoms with Crippen molar-refractivity contribution >= 4 is 34.1 Å². The average Bonchev–Trinajstić information content (AvgIpc) is 2.82. The zero-order chi connectivity index (χ0) is 22.3. The maximum Gasteiger partial charge on any atom is 0.263 e. The molecule has 0 radical (unpaired) electrons. The van der Waals surface area contributed by atoms with E-state index in [4.69, 9.17) is 30.7 Å². The second-order valence-corrected chi connectivity index (χ2v) is 7.62. The molecule has 0 atom stereocenters. The van der Waals surface area contributed by atoms with Gasteiger partial charge in [0.15, 0.2) is 5.04 Å². The first-order valence-electron chi connectivity index (χ1n) is 9.31. The first-order chi connectivity index (χ1) is 15.7. The monoisotopic (exact) mass is 474 g/mol. The number of nitrogens with zero attached hydrogens (tertiary/aromatic N) is 4. The molecule has 164 valence electrons. The molecular weight excluding hydrogens is 459 g/mol. The van der Waals surface area contributed by atoms with Crippen molar-refractivity contribution in [1.29, 1.82) is 0 Å². The zero-order valence-electron chi connectivity index (χ0n) is 16.7. The van der Waals surface area contributed by atoms with Gasteiger partial charge in [-0.2, -0.15) is 14.4 Å². The summed E-state index contributed by atoms with van der Waals surface area (Å²) in [5, 5.41) is 8.93. The van der Waals surface area contributed by atoms with Gasteiger partial charge in [0.1, 0.15) is 37.3 Å². The fourth-order valence-electron chi connectivity index (χ4n) is 2.68. The van der Waals surface area contributed by atoms with Crippen LogP contribution in [0, 0.1) is 5.82 Å². The van der Waals surface area contributed by atoms with Gasteiger partial charge < -0.3 is 19.1 Å². The van der Waals surface area contributed by atoms with Crippen LogP contribution in [-0.2, 0) is 9.68 Å². The fourth-order valence-corrected chi connectivity index (χ4v) is 3.60. The van der Waals surface area contributed by atoms with Crippen LogP contribution in [0.2, 0.25) is 5.02 Å². The Hall–Kier alpha value is -3.37. The molecule has 11 heteroatoms. The number of thioether (sulfide) groups is 1. The molecule has 2 aromatic carbocycles. The minimum absolute atomic E-state index is 0.250. The fraction of sp³-hybridized carbons (Fsp3) is 0.143. The van der Waals surface area contributed by atoms with E-state index in [0.717, 1.165) is 6.33 Å². The van der Waals surface area contributed by atoms with Crippen molar-refractivity contribution in [3.8, 4) is 23.3 Å². The van der Waals surface area contributed by atoms with Crippen LogP contribution >= 0.6 is 23.4 Å². The van der Waals surface area contributed by atoms with Crippen molar-refractivity contribution in [3.05, 3.63) is 71.3 Å². The van der Waals surface area contributed by atoms with E-state index < -0.39 is 5.82 Å². The van der Waals surface area contributed by atoms with E-state index in [1.807, 2.05) is 0 Å². The summed E-state index contributed by atoms with van der Waals surface area (Å²) < 4.78 is 26.4. The molecular formula is C21H16ClFN4O4S. The number of ether oxygens (including phenoxy) is 2. The van der Waals surface area contributed by atoms with Gasteiger partial charge >= 0.3 is 0 Å². The van der Waals surface area contributed by atoms with E-state index in [9.17, 15) is 0 Å². The number of para-hydroxylation sites is 2. The van der Waals surface area contributed by atoms with Gasteiger partial charge in [-0.3, -0.25) is 0 Å². The van der Waals surface area contributed by atoms with Gasteiger partial charge in [-0.05, 0) is 24.3 Å². The lowest BCUT2D eigenvalue weighted by Gasteiger charge is -2.16. The van der Waals surface area contributed by atoms with Crippen molar-refractivity contribution in [1.82, 2.24) is 9.97 Å². The van der Waals surface area contributed by atoms with Gasteiger partial charge in [0, 0.05) is 11.3 Å². The minimum Gasteiger partial charge on any atom is -0.436 e. The minimum atomic E-state index is -0.889. The van der Waals surface area contributed by atoms with Crippen LogP contribution in [0.25, 0.3) is 0 Å². The number of aromatic nitrogens is 2. The van der Waals surface area contributed by atoms with Crippen molar-refractivity contribution < 1.29 is 23.5 Å². The summed E-state index contributed by atoms with van der Waals surface area (Å²) in [6.07, 6.45) is 1.13. The van der Waals surface area contributed by atoms with E-state index in [0.29, 0.717) is 33.7 Å². The number of hydrogen-bond acceptors (Lipinski definition) is 9. The van der Waals surface area contributed by atoms with Gasteiger partial charge in [-0.1, -0.05) is 57.9 Å². The van der Waals surface area contributed by atoms with Gasteiger partial charge in [0.05, 0.1) is 5.02 Å². The smallest absolute Gasteiger partial charge is 0.263 e. The van der Waals surface area contributed by atoms with Crippen LogP contribution in [0.4, 0.5) is 4.39 Å². The molecule has 0 N–H and O–H groups in total. The quantitative estimate of drug-likeness (QED) is 0.340. The Labute approximate surface area is 192 Å². The topological polar surface area (TPSA) is 87.4 Å². The molecule has 0 saturated heterocycles. The van der Waals surface area contributed by atoms with E-state index in [1.54, 1.807) is 48.5 Å². The van der Waals surface area contributed by atoms with Gasteiger partial charge in [-0.25, -0.2) is 0 Å². The summed E-state index contributed by atoms with van der Waals surface area (Å²) in [6.45, 7) is 0.493. The third-order valence-corrected chi connectivity index (χ3v) is 5.29. The number of hydrogen-bond donors (Lipinski definition) is 0. The Morgan fingerprint density at radius 1 is 1.06 bits per heavy atom. The standard InChI is InChI=1S/C21H16ClFN4O4S/c1-28-26-18(21-27-29-10-11-32-21)13-6-2-4-8-15(13)30-19-17(23)20(25-12-24-19)31-16-9-5-3-7-14(16)22/h2-9,12H,10-11H2,1H3/b26-18-. The van der Waals surface area contributed by atoms with E-state index in [2.05, 4.69) is 20.3 Å². The highest BCUT2D eigenvalue weighted by molar-refractivity contribution is 8.15. The lowest BCUT2D eigenvalue weighted by molar-refractivity contribution is 0.160. The Kier molecular flexibility index (Phi) is 7.03. The molecule has 32 heavy (non-hydrogen) atoms. The first-order valence-corrected chi connectivity index (χ1v) is 10.7. The molecule has 0 fully saturated rings. The molecule has 3 aromatic rings. The Balaban J connectivity index is 1.66. The van der Waals surface area contributed by atoms with E-state index >= 15 is 4.39 Å². The molecule has 4 rings (SSSR count). The van der Waals surface area contributed by atoms with Gasteiger partial charge in [0.25, 0.3) is 11.8 Å². The van der Waals surface area contributed by atoms with Crippen molar-refractivity contribution in [3.63, 3.8) is 0 Å². The largest absolute Gasteiger partial charge is 0.436 e. The molecule has 0 bridgehead atoms. The van der Waals surface area contributed by atoms with Crippen LogP contribution in [0.5, 0.6) is 23.3 Å². The maximum atomic E-state index is 15.1. The SMILES string of the molecule is CO/N=C(\C1=NOCCS1)c1ccccc1Oc1ncnc(Oc2ccccc2Cl)c1F. The third-order valence-electron chi connectivity index (χ3n) is 4.06. The van der Waals surface area contributed by atoms with Crippen LogP contribution < -0.4 is 9.47 Å². The molecule has 2 heterocycles. The normalized spacial score (nSPS) is 13.7. The van der Waals surface area contributed by atoms with Crippen LogP contribution in [0.1, 0.15) is 5.56 Å². The summed E-state index contributed by atoms with van der Waals surface area (Å²) in [5.41, 5.74) is 0.896. The molecule has 0 unspecified atom stereocenters. The first kappa shape index (κ1) is 21.8. The van der Waals surface area contributed by atoms with Crippen molar-refractivity contribution in [2.75, 3.05) is 19.5 Å². The molecule has 1 aliphatic rings. The second kappa shape index (κ2) is 10.3. The highest BCUT2D eigenvalue weighted by atomic mass is 35.5. The van der Waals surface area contributed by atoms with Crippen molar-refractivity contribution in [2.45, 2.75) is 0 Å². The average molecular weight is 475 g/mol. The molecule has 0 saturated carbocycles. The third kappa shape index (κ3) is 4.92. The predicted molar refractivity (Wildman–Crippen MR) is 119 cm³/mol. The van der Waals surface area contributed by atoms with Crippen molar-refractivity contribution in [2.24, 2.45) is 10.3 Å². The predicted octanol–water partition coefficient (Wildman–Crippen LogP) is 5.28. The zero-order valence-corrected chi connectivity index (χ0v) is 18.3. The number of halogens is 2. The summed E-state index contributed by atoms with van der Waals surface area (Å²) >= 11 is 7.54. The number of benzene rings is 2. The Morgan fingerprint density at radius 3 is 2.44 bits per heavy atom. The van der Waals surface area contributed by atoms with E-state index in [-0.39, 0.29) is 23.3 Å². The lowest BCUT2D eigenvalue weighted by Crippen LogP contribution is -2.19. The summed E-state index contributed by atoms with van der Waals surface area (Å²) in [7, 11) is 1.42. The highest BCUT2D eigenvalue weighted by Crippen LogP contribution is 2.34. The molecule has 8 nitrogen and oxygen atoms in total. The molecule has 1 aromatic heterocycles. The Bertz CT molecular complexity index is 1180. The summed E-state index contributed by atoms with van der Waals surface area (Å²) in [5.74, 6) is -0.320. The molecule has 0 aliphatic carbocycles. The maximum absolute atomic E-state index is 15.1.